The molecule has 2 rings (SSSR count). The Morgan fingerprint density at radius 2 is 1.95 bits per heavy atom. The number of anilines is 1. The molecule has 21 heavy (non-hydrogen) atoms. The van der Waals surface area contributed by atoms with Crippen molar-refractivity contribution in [1.82, 2.24) is 24.9 Å². The third kappa shape index (κ3) is 4.37. The molecule has 7 heteroatoms. The number of likely N-dealkylation sites (N-methyl/N-ethyl adjacent to an activating group) is 1. The zero-order valence-corrected chi connectivity index (χ0v) is 13.0. The maximum atomic E-state index is 12.3. The summed E-state index contributed by atoms with van der Waals surface area (Å²) in [6, 6.07) is 3.49. The van der Waals surface area contributed by atoms with Crippen LogP contribution in [0.5, 0.6) is 0 Å². The van der Waals surface area contributed by atoms with Gasteiger partial charge in [-0.3, -0.25) is 9.69 Å². The molecule has 0 bridgehead atoms. The van der Waals surface area contributed by atoms with Gasteiger partial charge in [0.1, 0.15) is 5.82 Å². The Balaban J connectivity index is 1.84. The van der Waals surface area contributed by atoms with Crippen LogP contribution in [-0.2, 0) is 0 Å². The van der Waals surface area contributed by atoms with E-state index in [-0.39, 0.29) is 5.91 Å². The molecule has 1 amide bonds. The molecule has 1 aromatic heterocycles. The van der Waals surface area contributed by atoms with E-state index in [1.165, 1.54) is 0 Å². The van der Waals surface area contributed by atoms with Crippen molar-refractivity contribution in [2.24, 2.45) is 0 Å². The van der Waals surface area contributed by atoms with Gasteiger partial charge in [0.25, 0.3) is 5.91 Å². The van der Waals surface area contributed by atoms with Gasteiger partial charge >= 0.3 is 0 Å². The van der Waals surface area contributed by atoms with Crippen molar-refractivity contribution >= 4 is 11.7 Å². The Morgan fingerprint density at radius 1 is 1.24 bits per heavy atom. The molecule has 0 aliphatic carbocycles. The second-order valence-electron chi connectivity index (χ2n) is 5.49. The lowest BCUT2D eigenvalue weighted by atomic mass is 10.2. The summed E-state index contributed by atoms with van der Waals surface area (Å²) in [5.74, 6) is 0.637. The largest absolute Gasteiger partial charge is 0.372 e. The molecule has 7 nitrogen and oxygen atoms in total. The first-order valence-corrected chi connectivity index (χ1v) is 7.28. The summed E-state index contributed by atoms with van der Waals surface area (Å²) in [5, 5.41) is 10.8. The van der Waals surface area contributed by atoms with Crippen LogP contribution in [0.15, 0.2) is 12.1 Å². The van der Waals surface area contributed by atoms with Crippen molar-refractivity contribution < 1.29 is 4.79 Å². The molecule has 1 aliphatic heterocycles. The molecule has 0 spiro atoms. The maximum Gasteiger partial charge on any atom is 0.274 e. The highest BCUT2D eigenvalue weighted by molar-refractivity contribution is 5.92. The van der Waals surface area contributed by atoms with E-state index in [9.17, 15) is 4.79 Å². The number of carbonyl (C=O) groups is 1. The summed E-state index contributed by atoms with van der Waals surface area (Å²) >= 11 is 0. The summed E-state index contributed by atoms with van der Waals surface area (Å²) in [5.41, 5.74) is 0.413. The molecule has 1 saturated heterocycles. The Kier molecular flexibility index (Phi) is 5.46. The predicted octanol–water partition coefficient (Wildman–Crippen LogP) is -0.162. The average Bonchev–Trinajstić information content (AvgIpc) is 2.53. The fourth-order valence-corrected chi connectivity index (χ4v) is 2.26. The first-order valence-electron chi connectivity index (χ1n) is 7.28. The lowest BCUT2D eigenvalue weighted by Crippen LogP contribution is -2.50. The smallest absolute Gasteiger partial charge is 0.274 e. The number of hydrogen-bond donors (Lipinski definition) is 1. The van der Waals surface area contributed by atoms with E-state index in [0.717, 1.165) is 39.3 Å². The number of aromatic nitrogens is 2. The van der Waals surface area contributed by atoms with E-state index in [0.29, 0.717) is 11.5 Å². The van der Waals surface area contributed by atoms with Gasteiger partial charge < -0.3 is 15.1 Å². The number of nitrogens with one attached hydrogen (secondary N) is 1. The number of rotatable bonds is 5. The van der Waals surface area contributed by atoms with E-state index in [4.69, 9.17) is 0 Å². The predicted molar refractivity (Wildman–Crippen MR) is 82.5 cm³/mol. The van der Waals surface area contributed by atoms with Crippen molar-refractivity contribution in [2.45, 2.75) is 0 Å². The fourth-order valence-electron chi connectivity index (χ4n) is 2.26. The highest BCUT2D eigenvalue weighted by Crippen LogP contribution is 2.08. The molecular formula is C14H24N6O. The van der Waals surface area contributed by atoms with Crippen LogP contribution in [0.2, 0.25) is 0 Å². The topological polar surface area (TPSA) is 64.6 Å². The molecule has 2 heterocycles. The van der Waals surface area contributed by atoms with Crippen LogP contribution >= 0.6 is 0 Å². The van der Waals surface area contributed by atoms with E-state index >= 15 is 0 Å². The molecule has 0 unspecified atom stereocenters. The standard InChI is InChI=1S/C14H24N6O/c1-15-13-5-4-12(16-17-13)14(21)20-10-8-19(9-11-20)7-6-18(2)3/h4-5H,6-11H2,1-3H3,(H,15,17). The zero-order valence-electron chi connectivity index (χ0n) is 13.0. The highest BCUT2D eigenvalue weighted by atomic mass is 16.2. The van der Waals surface area contributed by atoms with Crippen LogP contribution in [0.3, 0.4) is 0 Å². The van der Waals surface area contributed by atoms with E-state index in [1.807, 2.05) is 4.90 Å². The van der Waals surface area contributed by atoms with Crippen molar-refractivity contribution in [3.63, 3.8) is 0 Å². The number of hydrogen-bond acceptors (Lipinski definition) is 6. The van der Waals surface area contributed by atoms with Gasteiger partial charge in [0.05, 0.1) is 0 Å². The molecule has 1 aromatic rings. The minimum atomic E-state index is -0.0302. The molecule has 0 aromatic carbocycles. The number of nitrogens with zero attached hydrogens (tertiary/aromatic N) is 5. The summed E-state index contributed by atoms with van der Waals surface area (Å²) in [6.07, 6.45) is 0. The summed E-state index contributed by atoms with van der Waals surface area (Å²) in [6.45, 7) is 5.43. The fraction of sp³-hybridized carbons (Fsp3) is 0.643. The number of amides is 1. The second-order valence-corrected chi connectivity index (χ2v) is 5.49. The SMILES string of the molecule is CNc1ccc(C(=O)N2CCN(CCN(C)C)CC2)nn1. The number of piperazine rings is 1. The quantitative estimate of drug-likeness (QED) is 0.813. The molecule has 116 valence electrons. The van der Waals surface area contributed by atoms with Crippen LogP contribution in [0.25, 0.3) is 0 Å². The molecule has 1 N–H and O–H groups in total. The number of carbonyl (C=O) groups excluding carboxylic acids is 1. The molecular weight excluding hydrogens is 268 g/mol. The molecule has 1 fully saturated rings. The lowest BCUT2D eigenvalue weighted by Gasteiger charge is -2.34. The first kappa shape index (κ1) is 15.7. The zero-order chi connectivity index (χ0) is 15.2. The van der Waals surface area contributed by atoms with Gasteiger partial charge in [0, 0.05) is 46.3 Å². The molecule has 0 saturated carbocycles. The van der Waals surface area contributed by atoms with Crippen LogP contribution in [0, 0.1) is 0 Å². The minimum absolute atomic E-state index is 0.0302. The second kappa shape index (κ2) is 7.33. The van der Waals surface area contributed by atoms with Gasteiger partial charge in [-0.1, -0.05) is 0 Å². The van der Waals surface area contributed by atoms with Gasteiger partial charge in [-0.2, -0.15) is 0 Å². The van der Waals surface area contributed by atoms with Gasteiger partial charge in [0.15, 0.2) is 5.69 Å². The third-order valence-corrected chi connectivity index (χ3v) is 3.66. The Hall–Kier alpha value is -1.73. The van der Waals surface area contributed by atoms with Crippen molar-refractivity contribution in [2.75, 3.05) is 65.7 Å². The molecule has 0 radical (unpaired) electrons. The van der Waals surface area contributed by atoms with Crippen LogP contribution in [-0.4, -0.2) is 91.2 Å². The Labute approximate surface area is 125 Å². The summed E-state index contributed by atoms with van der Waals surface area (Å²) in [4.78, 5) is 18.8. The van der Waals surface area contributed by atoms with Gasteiger partial charge in [-0.05, 0) is 26.2 Å². The van der Waals surface area contributed by atoms with Gasteiger partial charge in [-0.15, -0.1) is 10.2 Å². The van der Waals surface area contributed by atoms with Gasteiger partial charge in [0.2, 0.25) is 0 Å². The Morgan fingerprint density at radius 3 is 2.48 bits per heavy atom. The first-order chi connectivity index (χ1) is 10.1. The van der Waals surface area contributed by atoms with E-state index in [2.05, 4.69) is 39.4 Å². The third-order valence-electron chi connectivity index (χ3n) is 3.66. The van der Waals surface area contributed by atoms with Crippen LogP contribution in [0.4, 0.5) is 5.82 Å². The van der Waals surface area contributed by atoms with Crippen LogP contribution < -0.4 is 5.32 Å². The summed E-state index contributed by atoms with van der Waals surface area (Å²) < 4.78 is 0. The van der Waals surface area contributed by atoms with Crippen molar-refractivity contribution in [3.05, 3.63) is 17.8 Å². The molecule has 1 aliphatic rings. The van der Waals surface area contributed by atoms with Crippen LogP contribution in [0.1, 0.15) is 10.5 Å². The maximum absolute atomic E-state index is 12.3. The van der Waals surface area contributed by atoms with Crippen molar-refractivity contribution in [3.8, 4) is 0 Å². The highest BCUT2D eigenvalue weighted by Gasteiger charge is 2.23. The van der Waals surface area contributed by atoms with E-state index < -0.39 is 0 Å². The summed E-state index contributed by atoms with van der Waals surface area (Å²) in [7, 11) is 5.93. The lowest BCUT2D eigenvalue weighted by molar-refractivity contribution is 0.0623. The van der Waals surface area contributed by atoms with E-state index in [1.54, 1.807) is 19.2 Å². The Bertz CT molecular complexity index is 453. The monoisotopic (exact) mass is 292 g/mol. The van der Waals surface area contributed by atoms with Crippen molar-refractivity contribution in [1.29, 1.82) is 0 Å². The average molecular weight is 292 g/mol. The molecule has 0 atom stereocenters. The normalized spacial score (nSPS) is 16.3. The van der Waals surface area contributed by atoms with Gasteiger partial charge in [-0.25, -0.2) is 0 Å². The minimum Gasteiger partial charge on any atom is -0.372 e.